The molecule has 0 fully saturated rings. The zero-order valence-corrected chi connectivity index (χ0v) is 17.8. The van der Waals surface area contributed by atoms with E-state index in [0.29, 0.717) is 12.3 Å². The molecule has 148 valence electrons. The van der Waals surface area contributed by atoms with Gasteiger partial charge in [-0.25, -0.2) is 13.1 Å². The van der Waals surface area contributed by atoms with Crippen LogP contribution in [-0.2, 0) is 21.4 Å². The second kappa shape index (κ2) is 9.68. The van der Waals surface area contributed by atoms with Crippen LogP contribution in [0.2, 0.25) is 0 Å². The number of nitriles is 1. The van der Waals surface area contributed by atoms with Gasteiger partial charge in [0.25, 0.3) is 5.91 Å². The predicted octanol–water partition coefficient (Wildman–Crippen LogP) is 3.20. The minimum atomic E-state index is -3.69. The molecule has 0 aliphatic heterocycles. The van der Waals surface area contributed by atoms with Crippen molar-refractivity contribution in [2.45, 2.75) is 25.3 Å². The largest absolute Gasteiger partial charge is 0.460 e. The minimum Gasteiger partial charge on any atom is -0.460 e. The van der Waals surface area contributed by atoms with Gasteiger partial charge in [-0.15, -0.1) is 0 Å². The Bertz CT molecular complexity index is 1000. The van der Waals surface area contributed by atoms with Crippen molar-refractivity contribution in [1.82, 2.24) is 10.0 Å². The van der Waals surface area contributed by atoms with Gasteiger partial charge in [-0.1, -0.05) is 29.8 Å². The third-order valence-corrected chi connectivity index (χ3v) is 5.51. The molecule has 0 unspecified atom stereocenters. The third kappa shape index (κ3) is 6.34. The smallest absolute Gasteiger partial charge is 0.262 e. The van der Waals surface area contributed by atoms with Gasteiger partial charge in [0.05, 0.1) is 11.4 Å². The lowest BCUT2D eigenvalue weighted by Gasteiger charge is -2.06. The molecule has 2 aromatic rings. The van der Waals surface area contributed by atoms with Crippen molar-refractivity contribution in [3.63, 3.8) is 0 Å². The molecule has 0 saturated heterocycles. The number of halogens is 1. The van der Waals surface area contributed by atoms with Gasteiger partial charge in [-0.05, 0) is 42.3 Å². The normalized spacial score (nSPS) is 12.0. The average Bonchev–Trinajstić information content (AvgIpc) is 3.10. The Morgan fingerprint density at radius 2 is 1.93 bits per heavy atom. The Morgan fingerprint density at radius 1 is 1.25 bits per heavy atom. The highest BCUT2D eigenvalue weighted by atomic mass is 79.9. The first-order chi connectivity index (χ1) is 13.2. The zero-order chi connectivity index (χ0) is 20.7. The van der Waals surface area contributed by atoms with Crippen molar-refractivity contribution in [2.75, 3.05) is 6.54 Å². The Labute approximate surface area is 172 Å². The van der Waals surface area contributed by atoms with E-state index in [1.165, 1.54) is 18.2 Å². The number of benzene rings is 1. The molecule has 0 radical (unpaired) electrons. The number of hydrogen-bond acceptors (Lipinski definition) is 5. The molecular formula is C19H20BrN3O4S. The Balaban J connectivity index is 2.04. The molecule has 7 nitrogen and oxygen atoms in total. The molecule has 0 bridgehead atoms. The van der Waals surface area contributed by atoms with Crippen molar-refractivity contribution in [2.24, 2.45) is 5.92 Å². The van der Waals surface area contributed by atoms with Crippen LogP contribution < -0.4 is 10.0 Å². The molecule has 1 heterocycles. The van der Waals surface area contributed by atoms with E-state index in [2.05, 4.69) is 26.0 Å². The monoisotopic (exact) mass is 465 g/mol. The molecule has 9 heteroatoms. The van der Waals surface area contributed by atoms with Crippen molar-refractivity contribution in [3.8, 4) is 6.07 Å². The summed E-state index contributed by atoms with van der Waals surface area (Å²) < 4.78 is 33.3. The average molecular weight is 466 g/mol. The number of rotatable bonds is 8. The van der Waals surface area contributed by atoms with Crippen molar-refractivity contribution in [3.05, 3.63) is 58.0 Å². The lowest BCUT2D eigenvalue weighted by atomic mass is 10.2. The number of hydrogen-bond donors (Lipinski definition) is 2. The predicted molar refractivity (Wildman–Crippen MR) is 108 cm³/mol. The lowest BCUT2D eigenvalue weighted by Crippen LogP contribution is -2.28. The molecule has 1 amide bonds. The standard InChI is InChI=1S/C19H20BrN3O4S/c1-13(2)11-22-19(24)14(10-21)9-16-5-6-17(27-16)12-23-28(25,26)18-7-3-15(20)4-8-18/h3-9,13,23H,11-12H2,1-2H3,(H,22,24)/b14-9-. The second-order valence-electron chi connectivity index (χ2n) is 6.36. The molecule has 0 aliphatic rings. The summed E-state index contributed by atoms with van der Waals surface area (Å²) in [6.07, 6.45) is 1.32. The highest BCUT2D eigenvalue weighted by Gasteiger charge is 2.15. The van der Waals surface area contributed by atoms with E-state index in [1.807, 2.05) is 19.9 Å². The van der Waals surface area contributed by atoms with Crippen molar-refractivity contribution in [1.29, 1.82) is 5.26 Å². The van der Waals surface area contributed by atoms with E-state index in [1.54, 1.807) is 24.3 Å². The first-order valence-corrected chi connectivity index (χ1v) is 10.7. The van der Waals surface area contributed by atoms with Gasteiger partial charge in [0.1, 0.15) is 23.2 Å². The maximum Gasteiger partial charge on any atom is 0.262 e. The van der Waals surface area contributed by atoms with E-state index in [9.17, 15) is 13.2 Å². The minimum absolute atomic E-state index is 0.0618. The number of carbonyl (C=O) groups excluding carboxylic acids is 1. The molecule has 0 saturated carbocycles. The van der Waals surface area contributed by atoms with Gasteiger partial charge >= 0.3 is 0 Å². The fraction of sp³-hybridized carbons (Fsp3) is 0.263. The molecule has 2 N–H and O–H groups in total. The van der Waals surface area contributed by atoms with Gasteiger partial charge in [0, 0.05) is 17.1 Å². The van der Waals surface area contributed by atoms with E-state index in [0.717, 1.165) is 4.47 Å². The molecule has 1 aromatic carbocycles. The van der Waals surface area contributed by atoms with Gasteiger partial charge in [0.15, 0.2) is 0 Å². The van der Waals surface area contributed by atoms with E-state index < -0.39 is 15.9 Å². The second-order valence-corrected chi connectivity index (χ2v) is 9.04. The number of nitrogens with one attached hydrogen (secondary N) is 2. The van der Waals surface area contributed by atoms with Crippen LogP contribution in [0.4, 0.5) is 0 Å². The number of sulfonamides is 1. The molecule has 0 spiro atoms. The SMILES string of the molecule is CC(C)CNC(=O)/C(C#N)=C\c1ccc(CNS(=O)(=O)c2ccc(Br)cc2)o1. The van der Waals surface area contributed by atoms with Crippen LogP contribution >= 0.6 is 15.9 Å². The molecule has 28 heavy (non-hydrogen) atoms. The van der Waals surface area contributed by atoms with Gasteiger partial charge in [-0.3, -0.25) is 4.79 Å². The number of furan rings is 1. The quantitative estimate of drug-likeness (QED) is 0.459. The van der Waals surface area contributed by atoms with Crippen molar-refractivity contribution < 1.29 is 17.6 Å². The van der Waals surface area contributed by atoms with Crippen LogP contribution in [0.5, 0.6) is 0 Å². The van der Waals surface area contributed by atoms with Crippen molar-refractivity contribution >= 4 is 37.9 Å². The summed E-state index contributed by atoms with van der Waals surface area (Å²) in [5.41, 5.74) is -0.0861. The summed E-state index contributed by atoms with van der Waals surface area (Å²) in [4.78, 5) is 12.1. The van der Waals surface area contributed by atoms with Gasteiger partial charge in [0.2, 0.25) is 10.0 Å². The molecule has 0 aliphatic carbocycles. The molecule has 0 atom stereocenters. The Kier molecular flexibility index (Phi) is 7.57. The van der Waals surface area contributed by atoms with E-state index >= 15 is 0 Å². The summed E-state index contributed by atoms with van der Waals surface area (Å²) in [6.45, 7) is 4.29. The number of nitrogens with zero attached hydrogens (tertiary/aromatic N) is 1. The third-order valence-electron chi connectivity index (χ3n) is 3.57. The number of amides is 1. The highest BCUT2D eigenvalue weighted by Crippen LogP contribution is 2.16. The maximum atomic E-state index is 12.3. The van der Waals surface area contributed by atoms with Crippen LogP contribution in [0.25, 0.3) is 6.08 Å². The highest BCUT2D eigenvalue weighted by molar-refractivity contribution is 9.10. The summed E-state index contributed by atoms with van der Waals surface area (Å²) >= 11 is 3.26. The molecular weight excluding hydrogens is 446 g/mol. The molecule has 1 aromatic heterocycles. The van der Waals surface area contributed by atoms with Crippen LogP contribution in [0.15, 0.2) is 55.8 Å². The van der Waals surface area contributed by atoms with Crippen LogP contribution in [0.1, 0.15) is 25.4 Å². The summed E-state index contributed by atoms with van der Waals surface area (Å²) in [5, 5.41) is 11.8. The number of carbonyl (C=O) groups is 1. The van der Waals surface area contributed by atoms with Gasteiger partial charge in [-0.2, -0.15) is 5.26 Å². The van der Waals surface area contributed by atoms with Crippen LogP contribution in [0, 0.1) is 17.2 Å². The maximum absolute atomic E-state index is 12.3. The van der Waals surface area contributed by atoms with Crippen LogP contribution in [0.3, 0.4) is 0 Å². The first kappa shape index (κ1) is 21.9. The lowest BCUT2D eigenvalue weighted by molar-refractivity contribution is -0.117. The fourth-order valence-corrected chi connectivity index (χ4v) is 3.37. The summed E-state index contributed by atoms with van der Waals surface area (Å²) in [5.74, 6) is 0.420. The van der Waals surface area contributed by atoms with E-state index in [4.69, 9.17) is 9.68 Å². The first-order valence-electron chi connectivity index (χ1n) is 8.45. The zero-order valence-electron chi connectivity index (χ0n) is 15.4. The van der Waals surface area contributed by atoms with Crippen LogP contribution in [-0.4, -0.2) is 20.9 Å². The fourth-order valence-electron chi connectivity index (χ4n) is 2.11. The Morgan fingerprint density at radius 3 is 2.54 bits per heavy atom. The van der Waals surface area contributed by atoms with E-state index in [-0.39, 0.29) is 28.7 Å². The summed E-state index contributed by atoms with van der Waals surface area (Å²) in [7, 11) is -3.69. The topological polar surface area (TPSA) is 112 Å². The Hall–Kier alpha value is -2.41. The summed E-state index contributed by atoms with van der Waals surface area (Å²) in [6, 6.07) is 11.2. The molecule has 2 rings (SSSR count). The van der Waals surface area contributed by atoms with Gasteiger partial charge < -0.3 is 9.73 Å².